The fourth-order valence-electron chi connectivity index (χ4n) is 6.96. The molecule has 6 amide bonds. The minimum absolute atomic E-state index is 0.0105. The van der Waals surface area contributed by atoms with Gasteiger partial charge in [-0.3, -0.25) is 24.0 Å². The Morgan fingerprint density at radius 3 is 1.92 bits per heavy atom. The van der Waals surface area contributed by atoms with Gasteiger partial charge in [0.25, 0.3) is 0 Å². The highest BCUT2D eigenvalue weighted by Crippen LogP contribution is 2.21. The van der Waals surface area contributed by atoms with Gasteiger partial charge in [-0.1, -0.05) is 70.2 Å². The number of alkyl carbamates (subject to hydrolysis) is 1. The van der Waals surface area contributed by atoms with E-state index in [1.165, 1.54) is 17.0 Å². The van der Waals surface area contributed by atoms with Crippen LogP contribution >= 0.6 is 0 Å². The lowest BCUT2D eigenvalue weighted by molar-refractivity contribution is -0.145. The number of carbonyl (C=O) groups excluding carboxylic acids is 6. The van der Waals surface area contributed by atoms with Crippen LogP contribution in [0.1, 0.15) is 91.7 Å². The topological polar surface area (TPSA) is 259 Å². The molecule has 1 fully saturated rings. The molecule has 0 aliphatic carbocycles. The molecule has 9 N–H and O–H groups in total. The molecular weight excluding hydrogens is 787 g/mol. The van der Waals surface area contributed by atoms with E-state index in [0.717, 1.165) is 5.56 Å². The molecule has 0 radical (unpaired) electrons. The molecule has 6 atom stereocenters. The number of rotatable bonds is 21. The monoisotopic (exact) mass is 851 g/mol. The number of likely N-dealkylation sites (tertiary alicyclic amines) is 1. The second kappa shape index (κ2) is 23.3. The largest absolute Gasteiger partial charge is 0.508 e. The zero-order valence-electron chi connectivity index (χ0n) is 36.4. The van der Waals surface area contributed by atoms with Gasteiger partial charge >= 0.3 is 12.1 Å². The number of ether oxygens (including phenoxy) is 1. The van der Waals surface area contributed by atoms with E-state index in [9.17, 15) is 43.8 Å². The molecule has 3 rings (SSSR count). The molecule has 0 unspecified atom stereocenters. The van der Waals surface area contributed by atoms with Gasteiger partial charge in [0.05, 0.1) is 0 Å². The number of aromatic hydroxyl groups is 1. The van der Waals surface area contributed by atoms with Crippen LogP contribution in [-0.4, -0.2) is 112 Å². The summed E-state index contributed by atoms with van der Waals surface area (Å²) in [6.07, 6.45) is 0.570. The SMILES string of the molecule is CC(C)C[C@H](NC(=O)[C@H](CCCN)NC(=O)[C@@H](NC(=O)OC(C)(C)C)C(C)C)C(=O)N[C@H](Cc1ccccc1)C(=O)N1CCC[C@H]1C(=O)N[C@H](Cc1ccc(O)cc1)C(=O)O. The number of phenols is 1. The van der Waals surface area contributed by atoms with Crippen molar-refractivity contribution < 1.29 is 48.5 Å². The number of hydrogen-bond donors (Lipinski definition) is 8. The number of aliphatic carboxylic acids is 1. The van der Waals surface area contributed by atoms with Crippen molar-refractivity contribution in [2.24, 2.45) is 17.6 Å². The van der Waals surface area contributed by atoms with Crippen LogP contribution in [0.2, 0.25) is 0 Å². The van der Waals surface area contributed by atoms with E-state index in [1.54, 1.807) is 71.0 Å². The predicted molar refractivity (Wildman–Crippen MR) is 228 cm³/mol. The van der Waals surface area contributed by atoms with Gasteiger partial charge in [0.2, 0.25) is 29.5 Å². The number of amides is 6. The van der Waals surface area contributed by atoms with Gasteiger partial charge in [-0.2, -0.15) is 0 Å². The van der Waals surface area contributed by atoms with E-state index in [0.29, 0.717) is 18.4 Å². The van der Waals surface area contributed by atoms with Crippen LogP contribution in [0.3, 0.4) is 0 Å². The first kappa shape index (κ1) is 49.7. The standard InChI is InChI=1S/C44H65N7O10/c1-26(2)23-32(47-37(53)31(15-11-21-45)46-40(56)36(27(3)4)50-43(60)61-44(5,6)7)38(54)48-33(24-28-13-9-8-10-14-28)41(57)51-22-12-16-35(51)39(55)49-34(42(58)59)25-29-17-19-30(52)20-18-29/h8-10,13-14,17-20,26-27,31-36,52H,11-12,15-16,21-25,45H2,1-7H3,(H,46,56)(H,47,53)(H,48,54)(H,49,55)(H,50,60)(H,58,59)/t31-,32-,33+,34+,35-,36-/m0/s1. The number of carbonyl (C=O) groups is 7. The molecular formula is C44H65N7O10. The number of carboxylic acid groups (broad SMARTS) is 1. The number of nitrogens with one attached hydrogen (secondary N) is 5. The van der Waals surface area contributed by atoms with Crippen molar-refractivity contribution in [3.05, 3.63) is 65.7 Å². The van der Waals surface area contributed by atoms with E-state index in [-0.39, 0.29) is 62.8 Å². The van der Waals surface area contributed by atoms with Crippen LogP contribution in [-0.2, 0) is 46.3 Å². The number of benzene rings is 2. The average molecular weight is 852 g/mol. The Morgan fingerprint density at radius 1 is 0.770 bits per heavy atom. The van der Waals surface area contributed by atoms with E-state index in [2.05, 4.69) is 26.6 Å². The fourth-order valence-corrected chi connectivity index (χ4v) is 6.96. The summed E-state index contributed by atoms with van der Waals surface area (Å²) < 4.78 is 5.34. The smallest absolute Gasteiger partial charge is 0.408 e. The summed E-state index contributed by atoms with van der Waals surface area (Å²) in [4.78, 5) is 96.0. The highest BCUT2D eigenvalue weighted by Gasteiger charge is 2.40. The Balaban J connectivity index is 1.84. The summed E-state index contributed by atoms with van der Waals surface area (Å²) in [7, 11) is 0. The summed E-state index contributed by atoms with van der Waals surface area (Å²) in [5.74, 6) is -4.90. The maximum atomic E-state index is 14.4. The average Bonchev–Trinajstić information content (AvgIpc) is 3.68. The van der Waals surface area contributed by atoms with Crippen LogP contribution < -0.4 is 32.3 Å². The summed E-state index contributed by atoms with van der Waals surface area (Å²) in [6.45, 7) is 12.7. The first-order valence-corrected chi connectivity index (χ1v) is 20.9. The third-order valence-corrected chi connectivity index (χ3v) is 10.0. The van der Waals surface area contributed by atoms with Crippen molar-refractivity contribution in [2.75, 3.05) is 13.1 Å². The van der Waals surface area contributed by atoms with Gasteiger partial charge in [-0.15, -0.1) is 0 Å². The molecule has 1 saturated heterocycles. The zero-order chi connectivity index (χ0) is 45.4. The Hall–Kier alpha value is -5.71. The lowest BCUT2D eigenvalue weighted by Crippen LogP contribution is -2.60. The molecule has 336 valence electrons. The number of nitrogens with two attached hydrogens (primary N) is 1. The van der Waals surface area contributed by atoms with Gasteiger partial charge < -0.3 is 52.2 Å². The summed E-state index contributed by atoms with van der Waals surface area (Å²) >= 11 is 0. The molecule has 2 aromatic carbocycles. The zero-order valence-corrected chi connectivity index (χ0v) is 36.4. The third-order valence-electron chi connectivity index (χ3n) is 10.0. The fraction of sp³-hybridized carbons (Fsp3) is 0.568. The lowest BCUT2D eigenvalue weighted by Gasteiger charge is -2.31. The van der Waals surface area contributed by atoms with E-state index >= 15 is 0 Å². The van der Waals surface area contributed by atoms with Crippen molar-refractivity contribution in [2.45, 2.75) is 135 Å². The number of phenolic OH excluding ortho intramolecular Hbond substituents is 1. The van der Waals surface area contributed by atoms with Crippen LogP contribution in [0.4, 0.5) is 4.79 Å². The first-order valence-electron chi connectivity index (χ1n) is 20.9. The molecule has 17 heteroatoms. The van der Waals surface area contributed by atoms with Gasteiger partial charge in [0.15, 0.2) is 0 Å². The van der Waals surface area contributed by atoms with Crippen LogP contribution in [0.5, 0.6) is 5.75 Å². The molecule has 1 aliphatic heterocycles. The van der Waals surface area contributed by atoms with Crippen LogP contribution in [0.25, 0.3) is 0 Å². The molecule has 0 bridgehead atoms. The second-order valence-electron chi connectivity index (χ2n) is 17.3. The summed E-state index contributed by atoms with van der Waals surface area (Å²) in [5.41, 5.74) is 6.26. The van der Waals surface area contributed by atoms with Gasteiger partial charge in [-0.05, 0) is 94.5 Å². The quantitative estimate of drug-likeness (QED) is 0.0906. The Kier molecular flexibility index (Phi) is 19.0. The normalized spacial score (nSPS) is 16.4. The predicted octanol–water partition coefficient (Wildman–Crippen LogP) is 2.53. The number of carboxylic acids is 1. The Morgan fingerprint density at radius 2 is 1.34 bits per heavy atom. The molecule has 2 aromatic rings. The van der Waals surface area contributed by atoms with Crippen molar-refractivity contribution in [3.8, 4) is 5.75 Å². The third kappa shape index (κ3) is 16.3. The van der Waals surface area contributed by atoms with E-state index in [1.807, 2.05) is 19.9 Å². The Bertz CT molecular complexity index is 1800. The number of hydrogen-bond acceptors (Lipinski definition) is 10. The number of nitrogens with zero attached hydrogens (tertiary/aromatic N) is 1. The van der Waals surface area contributed by atoms with Gasteiger partial charge in [-0.25, -0.2) is 9.59 Å². The maximum absolute atomic E-state index is 14.4. The minimum Gasteiger partial charge on any atom is -0.508 e. The van der Waals surface area contributed by atoms with Crippen LogP contribution in [0, 0.1) is 11.8 Å². The maximum Gasteiger partial charge on any atom is 0.408 e. The van der Waals surface area contributed by atoms with E-state index < -0.39 is 83.5 Å². The van der Waals surface area contributed by atoms with Crippen molar-refractivity contribution >= 4 is 41.6 Å². The van der Waals surface area contributed by atoms with Crippen molar-refractivity contribution in [1.29, 1.82) is 0 Å². The highest BCUT2D eigenvalue weighted by molar-refractivity contribution is 5.97. The Labute approximate surface area is 358 Å². The molecule has 1 heterocycles. The summed E-state index contributed by atoms with van der Waals surface area (Å²) in [6, 6.07) is 8.08. The summed E-state index contributed by atoms with van der Waals surface area (Å²) in [5, 5.41) is 33.1. The molecule has 0 aromatic heterocycles. The van der Waals surface area contributed by atoms with Crippen molar-refractivity contribution in [1.82, 2.24) is 31.5 Å². The second-order valence-corrected chi connectivity index (χ2v) is 17.3. The molecule has 61 heavy (non-hydrogen) atoms. The minimum atomic E-state index is -1.31. The first-order chi connectivity index (χ1) is 28.7. The lowest BCUT2D eigenvalue weighted by atomic mass is 9.99. The molecule has 17 nitrogen and oxygen atoms in total. The molecule has 0 saturated carbocycles. The van der Waals surface area contributed by atoms with Gasteiger partial charge in [0.1, 0.15) is 47.6 Å². The van der Waals surface area contributed by atoms with Crippen molar-refractivity contribution in [3.63, 3.8) is 0 Å². The molecule has 0 spiro atoms. The molecule has 1 aliphatic rings. The van der Waals surface area contributed by atoms with E-state index in [4.69, 9.17) is 10.5 Å². The van der Waals surface area contributed by atoms with Crippen LogP contribution in [0.15, 0.2) is 54.6 Å². The highest BCUT2D eigenvalue weighted by atomic mass is 16.6. The van der Waals surface area contributed by atoms with Gasteiger partial charge in [0, 0.05) is 19.4 Å².